The first-order chi connectivity index (χ1) is 9.84. The van der Waals surface area contributed by atoms with Crippen LogP contribution in [0.2, 0.25) is 5.02 Å². The summed E-state index contributed by atoms with van der Waals surface area (Å²) in [7, 11) is 1.59. The first-order valence-electron chi connectivity index (χ1n) is 6.38. The molecule has 0 saturated carbocycles. The monoisotopic (exact) mass is 311 g/mol. The number of amides is 1. The zero-order valence-electron chi connectivity index (χ0n) is 12.2. The van der Waals surface area contributed by atoms with E-state index < -0.39 is 5.97 Å². The molecule has 21 heavy (non-hydrogen) atoms. The largest absolute Gasteiger partial charge is 0.490 e. The van der Waals surface area contributed by atoms with Gasteiger partial charge in [-0.2, -0.15) is 0 Å². The molecule has 0 spiro atoms. The van der Waals surface area contributed by atoms with E-state index in [4.69, 9.17) is 21.4 Å². The minimum atomic E-state index is -1.10. The van der Waals surface area contributed by atoms with E-state index >= 15 is 0 Å². The second-order valence-electron chi connectivity index (χ2n) is 4.56. The average Bonchev–Trinajstić information content (AvgIpc) is 2.46. The molecule has 1 rings (SSSR count). The van der Waals surface area contributed by atoms with E-state index in [1.54, 1.807) is 31.3 Å². The predicted octanol–water partition coefficient (Wildman–Crippen LogP) is 2.60. The summed E-state index contributed by atoms with van der Waals surface area (Å²) in [4.78, 5) is 24.3. The van der Waals surface area contributed by atoms with Gasteiger partial charge in [0.05, 0.1) is 11.6 Å². The molecule has 0 radical (unpaired) electrons. The van der Waals surface area contributed by atoms with E-state index in [-0.39, 0.29) is 23.7 Å². The van der Waals surface area contributed by atoms with Crippen LogP contribution < -0.4 is 4.74 Å². The molecule has 1 aromatic rings. The SMILES string of the molecule is CC(C(=O)O)=C(C)C(=O)N(C)CCOc1ccccc1Cl. The zero-order chi connectivity index (χ0) is 16.0. The third-order valence-electron chi connectivity index (χ3n) is 3.07. The molecule has 0 aliphatic carbocycles. The number of para-hydroxylation sites is 1. The topological polar surface area (TPSA) is 66.8 Å². The Kier molecular flexibility index (Phi) is 6.24. The Balaban J connectivity index is 2.56. The summed E-state index contributed by atoms with van der Waals surface area (Å²) in [6.07, 6.45) is 0. The zero-order valence-corrected chi connectivity index (χ0v) is 13.0. The summed E-state index contributed by atoms with van der Waals surface area (Å²) in [5, 5.41) is 9.37. The van der Waals surface area contributed by atoms with Gasteiger partial charge in [-0.1, -0.05) is 23.7 Å². The lowest BCUT2D eigenvalue weighted by Gasteiger charge is -2.18. The molecule has 0 bridgehead atoms. The Morgan fingerprint density at radius 2 is 1.86 bits per heavy atom. The molecule has 5 nitrogen and oxygen atoms in total. The Hall–Kier alpha value is -2.01. The molecule has 1 N–H and O–H groups in total. The van der Waals surface area contributed by atoms with Crippen molar-refractivity contribution < 1.29 is 19.4 Å². The van der Waals surface area contributed by atoms with Crippen molar-refractivity contribution in [3.8, 4) is 5.75 Å². The lowest BCUT2D eigenvalue weighted by Crippen LogP contribution is -2.32. The summed E-state index contributed by atoms with van der Waals surface area (Å²) in [6.45, 7) is 3.50. The highest BCUT2D eigenvalue weighted by atomic mass is 35.5. The fourth-order valence-corrected chi connectivity index (χ4v) is 1.75. The number of nitrogens with zero attached hydrogens (tertiary/aromatic N) is 1. The number of aliphatic carboxylic acids is 1. The molecule has 114 valence electrons. The number of carbonyl (C=O) groups excluding carboxylic acids is 1. The van der Waals surface area contributed by atoms with Crippen LogP contribution >= 0.6 is 11.6 Å². The minimum Gasteiger partial charge on any atom is -0.490 e. The third kappa shape index (κ3) is 4.79. The van der Waals surface area contributed by atoms with Crippen LogP contribution in [0.1, 0.15) is 13.8 Å². The van der Waals surface area contributed by atoms with E-state index in [2.05, 4.69) is 0 Å². The number of carbonyl (C=O) groups is 2. The number of carboxylic acids is 1. The van der Waals surface area contributed by atoms with Crippen molar-refractivity contribution in [2.75, 3.05) is 20.2 Å². The van der Waals surface area contributed by atoms with Gasteiger partial charge in [0.1, 0.15) is 12.4 Å². The van der Waals surface area contributed by atoms with E-state index in [1.165, 1.54) is 18.7 Å². The number of ether oxygens (including phenoxy) is 1. The highest BCUT2D eigenvalue weighted by molar-refractivity contribution is 6.32. The highest BCUT2D eigenvalue weighted by Crippen LogP contribution is 2.22. The molecule has 0 saturated heterocycles. The second-order valence-corrected chi connectivity index (χ2v) is 4.97. The predicted molar refractivity (Wildman–Crippen MR) is 80.6 cm³/mol. The van der Waals surface area contributed by atoms with Crippen molar-refractivity contribution in [1.82, 2.24) is 4.90 Å². The van der Waals surface area contributed by atoms with Crippen molar-refractivity contribution in [3.05, 3.63) is 40.4 Å². The molecule has 0 atom stereocenters. The summed E-state index contributed by atoms with van der Waals surface area (Å²) >= 11 is 5.95. The molecule has 0 aliphatic heterocycles. The number of carboxylic acid groups (broad SMARTS) is 1. The second kappa shape index (κ2) is 7.69. The molecular weight excluding hydrogens is 294 g/mol. The molecule has 0 aromatic heterocycles. The average molecular weight is 312 g/mol. The summed E-state index contributed by atoms with van der Waals surface area (Å²) in [5.41, 5.74) is 0.251. The van der Waals surface area contributed by atoms with Gasteiger partial charge in [-0.05, 0) is 26.0 Å². The normalized spacial score (nSPS) is 11.6. The van der Waals surface area contributed by atoms with Gasteiger partial charge in [-0.3, -0.25) is 4.79 Å². The molecular formula is C15H18ClNO4. The lowest BCUT2D eigenvalue weighted by atomic mass is 10.1. The van der Waals surface area contributed by atoms with Crippen LogP contribution in [0, 0.1) is 0 Å². The molecule has 6 heteroatoms. The number of benzene rings is 1. The molecule has 1 aromatic carbocycles. The molecule has 0 aliphatic rings. The van der Waals surface area contributed by atoms with Gasteiger partial charge in [0, 0.05) is 18.2 Å². The van der Waals surface area contributed by atoms with Crippen molar-refractivity contribution in [3.63, 3.8) is 0 Å². The van der Waals surface area contributed by atoms with Gasteiger partial charge in [-0.15, -0.1) is 0 Å². The molecule has 1 amide bonds. The van der Waals surface area contributed by atoms with Gasteiger partial charge in [0.2, 0.25) is 5.91 Å². The third-order valence-corrected chi connectivity index (χ3v) is 3.38. The van der Waals surface area contributed by atoms with Crippen molar-refractivity contribution >= 4 is 23.5 Å². The number of likely N-dealkylation sites (N-methyl/N-ethyl adjacent to an activating group) is 1. The Labute approximate surface area is 128 Å². The van der Waals surface area contributed by atoms with E-state index in [0.29, 0.717) is 17.3 Å². The maximum absolute atomic E-state index is 12.0. The maximum Gasteiger partial charge on any atom is 0.331 e. The Bertz CT molecular complexity index is 569. The summed E-state index contributed by atoms with van der Waals surface area (Å²) in [6, 6.07) is 7.06. The smallest absolute Gasteiger partial charge is 0.331 e. The van der Waals surface area contributed by atoms with Crippen LogP contribution in [-0.2, 0) is 9.59 Å². The van der Waals surface area contributed by atoms with Gasteiger partial charge < -0.3 is 14.7 Å². The molecule has 0 heterocycles. The minimum absolute atomic E-state index is 0.0406. The maximum atomic E-state index is 12.0. The number of hydrogen-bond donors (Lipinski definition) is 1. The number of halogens is 1. The van der Waals surface area contributed by atoms with Crippen LogP contribution in [0.4, 0.5) is 0 Å². The van der Waals surface area contributed by atoms with Crippen molar-refractivity contribution in [1.29, 1.82) is 0 Å². The van der Waals surface area contributed by atoms with Gasteiger partial charge in [0.25, 0.3) is 0 Å². The van der Waals surface area contributed by atoms with Gasteiger partial charge in [-0.25, -0.2) is 4.79 Å². The van der Waals surface area contributed by atoms with E-state index in [1.807, 2.05) is 0 Å². The standard InChI is InChI=1S/C15H18ClNO4/c1-10(11(2)15(19)20)14(18)17(3)8-9-21-13-7-5-4-6-12(13)16/h4-7H,8-9H2,1-3H3,(H,19,20). The number of rotatable bonds is 6. The first kappa shape index (κ1) is 17.0. The van der Waals surface area contributed by atoms with E-state index in [0.717, 1.165) is 0 Å². The van der Waals surface area contributed by atoms with Gasteiger partial charge >= 0.3 is 5.97 Å². The summed E-state index contributed by atoms with van der Waals surface area (Å²) < 4.78 is 5.49. The van der Waals surface area contributed by atoms with E-state index in [9.17, 15) is 9.59 Å². The van der Waals surface area contributed by atoms with Crippen LogP contribution in [0.25, 0.3) is 0 Å². The fraction of sp³-hybridized carbons (Fsp3) is 0.333. The Morgan fingerprint density at radius 3 is 2.43 bits per heavy atom. The highest BCUT2D eigenvalue weighted by Gasteiger charge is 2.16. The van der Waals surface area contributed by atoms with Crippen LogP contribution in [0.3, 0.4) is 0 Å². The molecule has 0 unspecified atom stereocenters. The van der Waals surface area contributed by atoms with Crippen LogP contribution in [0.15, 0.2) is 35.4 Å². The van der Waals surface area contributed by atoms with Crippen molar-refractivity contribution in [2.24, 2.45) is 0 Å². The van der Waals surface area contributed by atoms with Gasteiger partial charge in [0.15, 0.2) is 0 Å². The quantitative estimate of drug-likeness (QED) is 0.820. The lowest BCUT2D eigenvalue weighted by molar-refractivity contribution is -0.133. The summed E-state index contributed by atoms with van der Waals surface area (Å²) in [5.74, 6) is -0.881. The Morgan fingerprint density at radius 1 is 1.24 bits per heavy atom. The number of hydrogen-bond acceptors (Lipinski definition) is 3. The van der Waals surface area contributed by atoms with Crippen molar-refractivity contribution in [2.45, 2.75) is 13.8 Å². The fourth-order valence-electron chi connectivity index (χ4n) is 1.56. The van der Waals surface area contributed by atoms with Crippen LogP contribution in [-0.4, -0.2) is 42.1 Å². The first-order valence-corrected chi connectivity index (χ1v) is 6.76. The molecule has 0 fully saturated rings. The van der Waals surface area contributed by atoms with Crippen LogP contribution in [0.5, 0.6) is 5.75 Å².